The Balaban J connectivity index is 2.20. The minimum absolute atomic E-state index is 0.648. The van der Waals surface area contributed by atoms with E-state index in [2.05, 4.69) is 15.5 Å². The lowest BCUT2D eigenvalue weighted by Crippen LogP contribution is -2.01. The molecule has 0 bridgehead atoms. The molecule has 1 heterocycles. The molecule has 0 aliphatic rings. The third kappa shape index (κ3) is 3.21. The van der Waals surface area contributed by atoms with Crippen molar-refractivity contribution in [2.45, 2.75) is 6.42 Å². The first kappa shape index (κ1) is 12.9. The zero-order valence-corrected chi connectivity index (χ0v) is 11.1. The van der Waals surface area contributed by atoms with E-state index in [9.17, 15) is 0 Å². The number of aromatic nitrogens is 3. The van der Waals surface area contributed by atoms with Gasteiger partial charge in [-0.15, -0.1) is 5.10 Å². The van der Waals surface area contributed by atoms with Gasteiger partial charge in [-0.2, -0.15) is 9.90 Å². The van der Waals surface area contributed by atoms with Crippen LogP contribution in [0.15, 0.2) is 24.4 Å². The van der Waals surface area contributed by atoms with Crippen molar-refractivity contribution in [3.05, 3.63) is 35.0 Å². The lowest BCUT2D eigenvalue weighted by molar-refractivity contribution is 0.202. The summed E-state index contributed by atoms with van der Waals surface area (Å²) in [6.07, 6.45) is 2.47. The van der Waals surface area contributed by atoms with E-state index in [1.165, 1.54) is 4.80 Å². The number of nitrogens with one attached hydrogen (secondary N) is 1. The maximum absolute atomic E-state index is 6.00. The molecule has 0 unspecified atom stereocenters. The molecule has 0 aliphatic carbocycles. The molecule has 0 saturated heterocycles. The highest BCUT2D eigenvalue weighted by molar-refractivity contribution is 6.30. The number of hydrogen-bond acceptors (Lipinski definition) is 4. The standard InChI is InChI=1S/C12H15ClN4O/c1-17-14-8-12(16-17)15-11-4-3-10(13)7-9(11)5-6-18-2/h3-4,7-8H,5-6H2,1-2H3,(H,15,16). The Hall–Kier alpha value is -1.59. The molecule has 6 heteroatoms. The molecule has 0 amide bonds. The molecule has 0 atom stereocenters. The van der Waals surface area contributed by atoms with Crippen LogP contribution in [-0.2, 0) is 18.2 Å². The Morgan fingerprint density at radius 2 is 2.28 bits per heavy atom. The normalized spacial score (nSPS) is 10.6. The van der Waals surface area contributed by atoms with Crippen molar-refractivity contribution in [3.63, 3.8) is 0 Å². The van der Waals surface area contributed by atoms with Crippen LogP contribution >= 0.6 is 11.6 Å². The summed E-state index contributed by atoms with van der Waals surface area (Å²) < 4.78 is 5.09. The van der Waals surface area contributed by atoms with Crippen LogP contribution in [0.2, 0.25) is 5.02 Å². The Morgan fingerprint density at radius 1 is 1.44 bits per heavy atom. The molecular weight excluding hydrogens is 252 g/mol. The fraction of sp³-hybridized carbons (Fsp3) is 0.333. The summed E-state index contributed by atoms with van der Waals surface area (Å²) in [5, 5.41) is 12.1. The van der Waals surface area contributed by atoms with Crippen LogP contribution in [0.4, 0.5) is 11.5 Å². The van der Waals surface area contributed by atoms with Gasteiger partial charge in [0.25, 0.3) is 0 Å². The van der Waals surface area contributed by atoms with Crippen molar-refractivity contribution in [1.82, 2.24) is 15.0 Å². The van der Waals surface area contributed by atoms with E-state index in [0.717, 1.165) is 17.7 Å². The van der Waals surface area contributed by atoms with Gasteiger partial charge in [0.1, 0.15) is 0 Å². The van der Waals surface area contributed by atoms with Gasteiger partial charge < -0.3 is 10.1 Å². The quantitative estimate of drug-likeness (QED) is 0.903. The largest absolute Gasteiger partial charge is 0.384 e. The van der Waals surface area contributed by atoms with Crippen molar-refractivity contribution in [1.29, 1.82) is 0 Å². The highest BCUT2D eigenvalue weighted by Crippen LogP contribution is 2.23. The van der Waals surface area contributed by atoms with E-state index in [0.29, 0.717) is 17.4 Å². The fourth-order valence-corrected chi connectivity index (χ4v) is 1.84. The number of hydrogen-bond donors (Lipinski definition) is 1. The van der Waals surface area contributed by atoms with Gasteiger partial charge in [-0.05, 0) is 30.2 Å². The van der Waals surface area contributed by atoms with Gasteiger partial charge in [0.2, 0.25) is 0 Å². The van der Waals surface area contributed by atoms with E-state index in [-0.39, 0.29) is 0 Å². The third-order valence-electron chi connectivity index (χ3n) is 2.51. The molecular formula is C12H15ClN4O. The smallest absolute Gasteiger partial charge is 0.172 e. The second-order valence-electron chi connectivity index (χ2n) is 3.89. The van der Waals surface area contributed by atoms with Crippen molar-refractivity contribution >= 4 is 23.1 Å². The summed E-state index contributed by atoms with van der Waals surface area (Å²) in [5.74, 6) is 0.707. The van der Waals surface area contributed by atoms with Gasteiger partial charge >= 0.3 is 0 Å². The van der Waals surface area contributed by atoms with Crippen LogP contribution in [0.25, 0.3) is 0 Å². The summed E-state index contributed by atoms with van der Waals surface area (Å²) >= 11 is 6.00. The number of nitrogens with zero attached hydrogens (tertiary/aromatic N) is 3. The highest BCUT2D eigenvalue weighted by Gasteiger charge is 2.06. The second kappa shape index (κ2) is 5.84. The fourth-order valence-electron chi connectivity index (χ4n) is 1.64. The number of methoxy groups -OCH3 is 1. The van der Waals surface area contributed by atoms with Crippen LogP contribution < -0.4 is 5.32 Å². The Labute approximate surface area is 111 Å². The predicted molar refractivity (Wildman–Crippen MR) is 71.3 cm³/mol. The van der Waals surface area contributed by atoms with Crippen LogP contribution in [0.3, 0.4) is 0 Å². The van der Waals surface area contributed by atoms with E-state index in [4.69, 9.17) is 16.3 Å². The molecule has 18 heavy (non-hydrogen) atoms. The topological polar surface area (TPSA) is 52.0 Å². The zero-order chi connectivity index (χ0) is 13.0. The predicted octanol–water partition coefficient (Wildman–Crippen LogP) is 2.40. The van der Waals surface area contributed by atoms with E-state index >= 15 is 0 Å². The van der Waals surface area contributed by atoms with Crippen molar-refractivity contribution in [3.8, 4) is 0 Å². The van der Waals surface area contributed by atoms with E-state index in [1.807, 2.05) is 18.2 Å². The number of halogens is 1. The zero-order valence-electron chi connectivity index (χ0n) is 10.4. The minimum Gasteiger partial charge on any atom is -0.384 e. The average molecular weight is 267 g/mol. The first-order chi connectivity index (χ1) is 8.69. The van der Waals surface area contributed by atoms with Crippen LogP contribution in [0.5, 0.6) is 0 Å². The molecule has 1 aromatic heterocycles. The van der Waals surface area contributed by atoms with Crippen LogP contribution in [-0.4, -0.2) is 28.7 Å². The summed E-state index contributed by atoms with van der Waals surface area (Å²) in [6, 6.07) is 5.71. The summed E-state index contributed by atoms with van der Waals surface area (Å²) in [7, 11) is 3.46. The lowest BCUT2D eigenvalue weighted by atomic mass is 10.1. The van der Waals surface area contributed by atoms with Crippen molar-refractivity contribution in [2.75, 3.05) is 19.0 Å². The Kier molecular flexibility index (Phi) is 4.17. The van der Waals surface area contributed by atoms with Crippen LogP contribution in [0, 0.1) is 0 Å². The number of ether oxygens (including phenoxy) is 1. The molecule has 0 fully saturated rings. The highest BCUT2D eigenvalue weighted by atomic mass is 35.5. The molecule has 0 saturated carbocycles. The van der Waals surface area contributed by atoms with Gasteiger partial charge in [-0.25, -0.2) is 0 Å². The Bertz CT molecular complexity index is 527. The number of rotatable bonds is 5. The molecule has 1 aromatic carbocycles. The maximum atomic E-state index is 6.00. The summed E-state index contributed by atoms with van der Waals surface area (Å²) in [6.45, 7) is 0.648. The molecule has 0 spiro atoms. The van der Waals surface area contributed by atoms with Crippen molar-refractivity contribution < 1.29 is 4.74 Å². The second-order valence-corrected chi connectivity index (χ2v) is 4.32. The van der Waals surface area contributed by atoms with Gasteiger partial charge in [0.05, 0.1) is 12.8 Å². The SMILES string of the molecule is COCCc1cc(Cl)ccc1Nc1cnn(C)n1. The molecule has 96 valence electrons. The molecule has 5 nitrogen and oxygen atoms in total. The minimum atomic E-state index is 0.648. The van der Waals surface area contributed by atoms with Gasteiger partial charge in [-0.1, -0.05) is 11.6 Å². The molecule has 2 rings (SSSR count). The summed E-state index contributed by atoms with van der Waals surface area (Å²) in [4.78, 5) is 1.51. The summed E-state index contributed by atoms with van der Waals surface area (Å²) in [5.41, 5.74) is 2.06. The monoisotopic (exact) mass is 266 g/mol. The number of aryl methyl sites for hydroxylation is 1. The van der Waals surface area contributed by atoms with E-state index in [1.54, 1.807) is 20.4 Å². The first-order valence-corrected chi connectivity index (χ1v) is 5.97. The van der Waals surface area contributed by atoms with Gasteiger partial charge in [-0.3, -0.25) is 0 Å². The maximum Gasteiger partial charge on any atom is 0.172 e. The number of anilines is 2. The van der Waals surface area contributed by atoms with Crippen molar-refractivity contribution in [2.24, 2.45) is 7.05 Å². The van der Waals surface area contributed by atoms with E-state index < -0.39 is 0 Å². The first-order valence-electron chi connectivity index (χ1n) is 5.60. The third-order valence-corrected chi connectivity index (χ3v) is 2.74. The van der Waals surface area contributed by atoms with Gasteiger partial charge in [0.15, 0.2) is 5.82 Å². The lowest BCUT2D eigenvalue weighted by Gasteiger charge is -2.10. The molecule has 0 aliphatic heterocycles. The average Bonchev–Trinajstić information content (AvgIpc) is 2.75. The molecule has 0 radical (unpaired) electrons. The number of benzene rings is 1. The Morgan fingerprint density at radius 3 is 2.94 bits per heavy atom. The van der Waals surface area contributed by atoms with Gasteiger partial charge in [0, 0.05) is 24.9 Å². The molecule has 2 aromatic rings. The van der Waals surface area contributed by atoms with Crippen LogP contribution in [0.1, 0.15) is 5.56 Å². The molecule has 1 N–H and O–H groups in total.